The van der Waals surface area contributed by atoms with Crippen LogP contribution in [0, 0.1) is 0 Å². The van der Waals surface area contributed by atoms with Crippen molar-refractivity contribution in [3.8, 4) is 11.4 Å². The van der Waals surface area contributed by atoms with Crippen molar-refractivity contribution in [1.29, 1.82) is 0 Å². The summed E-state index contributed by atoms with van der Waals surface area (Å²) in [6.07, 6.45) is 4.72. The molecule has 0 spiro atoms. The van der Waals surface area contributed by atoms with Crippen molar-refractivity contribution in [3.63, 3.8) is 0 Å². The van der Waals surface area contributed by atoms with Crippen LogP contribution in [0.3, 0.4) is 0 Å². The van der Waals surface area contributed by atoms with Crippen LogP contribution in [0.15, 0.2) is 48.8 Å². The van der Waals surface area contributed by atoms with Gasteiger partial charge in [0.2, 0.25) is 0 Å². The van der Waals surface area contributed by atoms with Gasteiger partial charge >= 0.3 is 0 Å². The third kappa shape index (κ3) is 3.73. The van der Waals surface area contributed by atoms with Crippen molar-refractivity contribution in [2.75, 3.05) is 31.2 Å². The Morgan fingerprint density at radius 1 is 1.07 bits per heavy atom. The number of pyridine rings is 1. The zero-order valence-corrected chi connectivity index (χ0v) is 16.9. The van der Waals surface area contributed by atoms with Crippen molar-refractivity contribution in [1.82, 2.24) is 29.9 Å². The number of nitrogens with zero attached hydrogens (tertiary/aromatic N) is 7. The molecular weight excluding hydrogens is 378 g/mol. The summed E-state index contributed by atoms with van der Waals surface area (Å²) in [4.78, 5) is 16.7. The average Bonchev–Trinajstić information content (AvgIpc) is 3.27. The number of hydrogen-bond acceptors (Lipinski definition) is 7. The Hall–Kier alpha value is -3.39. The highest BCUT2D eigenvalue weighted by molar-refractivity contribution is 5.87. The normalized spacial score (nSPS) is 14.4. The minimum absolute atomic E-state index is 0.605. The maximum Gasteiger partial charge on any atom is 0.162 e. The van der Waals surface area contributed by atoms with Gasteiger partial charge in [0.1, 0.15) is 5.52 Å². The molecule has 30 heavy (non-hydrogen) atoms. The third-order valence-electron chi connectivity index (χ3n) is 5.21. The molecular formula is C22H23N7O. The monoisotopic (exact) mass is 401 g/mol. The summed E-state index contributed by atoms with van der Waals surface area (Å²) in [5.74, 6) is 1.57. The molecule has 8 nitrogen and oxygen atoms in total. The molecule has 4 aromatic rings. The Morgan fingerprint density at radius 2 is 1.90 bits per heavy atom. The van der Waals surface area contributed by atoms with Crippen LogP contribution in [0.1, 0.15) is 18.2 Å². The molecule has 8 heteroatoms. The van der Waals surface area contributed by atoms with Crippen LogP contribution in [-0.2, 0) is 17.7 Å². The zero-order valence-electron chi connectivity index (χ0n) is 16.9. The second-order valence-corrected chi connectivity index (χ2v) is 7.31. The molecule has 1 aliphatic heterocycles. The number of aryl methyl sites for hydroxylation is 1. The predicted octanol–water partition coefficient (Wildman–Crippen LogP) is 2.73. The van der Waals surface area contributed by atoms with Gasteiger partial charge in [0.15, 0.2) is 11.6 Å². The fraction of sp³-hybridized carbons (Fsp3) is 0.318. The van der Waals surface area contributed by atoms with Gasteiger partial charge in [-0.3, -0.25) is 4.98 Å². The van der Waals surface area contributed by atoms with Gasteiger partial charge in [-0.1, -0.05) is 42.5 Å². The molecule has 0 aliphatic carbocycles. The zero-order chi connectivity index (χ0) is 20.3. The largest absolute Gasteiger partial charge is 0.378 e. The Morgan fingerprint density at radius 3 is 2.67 bits per heavy atom. The lowest BCUT2D eigenvalue weighted by Gasteiger charge is -2.28. The minimum atomic E-state index is 0.605. The van der Waals surface area contributed by atoms with E-state index in [1.807, 2.05) is 47.4 Å². The molecule has 152 valence electrons. The first-order valence-corrected chi connectivity index (χ1v) is 10.2. The molecule has 1 saturated heterocycles. The number of benzene rings is 1. The van der Waals surface area contributed by atoms with E-state index in [0.717, 1.165) is 53.2 Å². The summed E-state index contributed by atoms with van der Waals surface area (Å²) in [6, 6.07) is 12.1. The highest BCUT2D eigenvalue weighted by Gasteiger charge is 2.19. The van der Waals surface area contributed by atoms with Crippen molar-refractivity contribution < 1.29 is 4.74 Å². The molecule has 5 rings (SSSR count). The summed E-state index contributed by atoms with van der Waals surface area (Å²) in [5, 5.41) is 8.37. The summed E-state index contributed by atoms with van der Waals surface area (Å²) in [6.45, 7) is 5.65. The lowest BCUT2D eigenvalue weighted by molar-refractivity contribution is 0.122. The van der Waals surface area contributed by atoms with E-state index in [4.69, 9.17) is 19.7 Å². The molecule has 0 radical (unpaired) electrons. The number of hydrogen-bond donors (Lipinski definition) is 0. The molecule has 0 bridgehead atoms. The standard InChI is InChI=1S/C22H23N7O/c1-2-18-15-29(27-26-18)14-16-12-19-20(23-13-16)22(28-8-10-30-11-9-28)25-21(24-19)17-6-4-3-5-7-17/h3-7,12-13,15H,2,8-11,14H2,1H3. The van der Waals surface area contributed by atoms with Gasteiger partial charge in [-0.05, 0) is 18.1 Å². The van der Waals surface area contributed by atoms with E-state index in [0.29, 0.717) is 25.6 Å². The van der Waals surface area contributed by atoms with E-state index in [2.05, 4.69) is 28.2 Å². The van der Waals surface area contributed by atoms with E-state index in [1.165, 1.54) is 0 Å². The quantitative estimate of drug-likeness (QED) is 0.508. The van der Waals surface area contributed by atoms with Gasteiger partial charge in [-0.25, -0.2) is 14.6 Å². The number of morpholine rings is 1. The molecule has 0 unspecified atom stereocenters. The summed E-state index contributed by atoms with van der Waals surface area (Å²) >= 11 is 0. The van der Waals surface area contributed by atoms with Crippen molar-refractivity contribution >= 4 is 16.9 Å². The summed E-state index contributed by atoms with van der Waals surface area (Å²) in [7, 11) is 0. The van der Waals surface area contributed by atoms with Gasteiger partial charge in [0.05, 0.1) is 31.0 Å². The summed E-state index contributed by atoms with van der Waals surface area (Å²) < 4.78 is 7.36. The van der Waals surface area contributed by atoms with Crippen LogP contribution >= 0.6 is 0 Å². The van der Waals surface area contributed by atoms with E-state index < -0.39 is 0 Å². The highest BCUT2D eigenvalue weighted by atomic mass is 16.5. The minimum Gasteiger partial charge on any atom is -0.378 e. The summed E-state index contributed by atoms with van der Waals surface area (Å²) in [5.41, 5.74) is 4.64. The van der Waals surface area contributed by atoms with E-state index >= 15 is 0 Å². The fourth-order valence-electron chi connectivity index (χ4n) is 3.61. The first-order chi connectivity index (χ1) is 14.8. The Labute approximate surface area is 174 Å². The maximum absolute atomic E-state index is 5.52. The van der Waals surface area contributed by atoms with Gasteiger partial charge < -0.3 is 9.64 Å². The molecule has 0 amide bonds. The molecule has 0 saturated carbocycles. The second kappa shape index (κ2) is 8.16. The van der Waals surface area contributed by atoms with Crippen molar-refractivity contribution in [2.45, 2.75) is 19.9 Å². The topological polar surface area (TPSA) is 81.9 Å². The highest BCUT2D eigenvalue weighted by Crippen LogP contribution is 2.27. The molecule has 1 aromatic carbocycles. The first kappa shape index (κ1) is 18.6. The van der Waals surface area contributed by atoms with Gasteiger partial charge in [0, 0.05) is 31.0 Å². The maximum atomic E-state index is 5.52. The van der Waals surface area contributed by atoms with Gasteiger partial charge in [0.25, 0.3) is 0 Å². The third-order valence-corrected chi connectivity index (χ3v) is 5.21. The number of ether oxygens (including phenoxy) is 1. The molecule has 0 N–H and O–H groups in total. The molecule has 1 aliphatic rings. The van der Waals surface area contributed by atoms with Crippen molar-refractivity contribution in [3.05, 3.63) is 60.0 Å². The fourth-order valence-corrected chi connectivity index (χ4v) is 3.61. The molecule has 1 fully saturated rings. The second-order valence-electron chi connectivity index (χ2n) is 7.31. The Balaban J connectivity index is 1.58. The Kier molecular flexibility index (Phi) is 5.06. The number of aromatic nitrogens is 6. The SMILES string of the molecule is CCc1cn(Cc2cnc3c(N4CCOCC4)nc(-c4ccccc4)nc3c2)nn1. The smallest absolute Gasteiger partial charge is 0.162 e. The van der Waals surface area contributed by atoms with E-state index in [-0.39, 0.29) is 0 Å². The number of rotatable bonds is 5. The van der Waals surface area contributed by atoms with E-state index in [9.17, 15) is 0 Å². The lowest BCUT2D eigenvalue weighted by atomic mass is 10.2. The van der Waals surface area contributed by atoms with Crippen molar-refractivity contribution in [2.24, 2.45) is 0 Å². The lowest BCUT2D eigenvalue weighted by Crippen LogP contribution is -2.37. The predicted molar refractivity (Wildman–Crippen MR) is 114 cm³/mol. The van der Waals surface area contributed by atoms with Crippen LogP contribution in [-0.4, -0.2) is 56.2 Å². The molecule has 3 aromatic heterocycles. The number of anilines is 1. The molecule has 4 heterocycles. The van der Waals surface area contributed by atoms with Gasteiger partial charge in [-0.15, -0.1) is 5.10 Å². The first-order valence-electron chi connectivity index (χ1n) is 10.2. The number of fused-ring (bicyclic) bond motifs is 1. The van der Waals surface area contributed by atoms with Crippen LogP contribution in [0.2, 0.25) is 0 Å². The average molecular weight is 401 g/mol. The molecule has 0 atom stereocenters. The van der Waals surface area contributed by atoms with Crippen LogP contribution < -0.4 is 4.90 Å². The van der Waals surface area contributed by atoms with Gasteiger partial charge in [-0.2, -0.15) is 0 Å². The van der Waals surface area contributed by atoms with Crippen LogP contribution in [0.5, 0.6) is 0 Å². The van der Waals surface area contributed by atoms with E-state index in [1.54, 1.807) is 0 Å². The Bertz CT molecular complexity index is 1150. The van der Waals surface area contributed by atoms with Crippen LogP contribution in [0.4, 0.5) is 5.82 Å². The van der Waals surface area contributed by atoms with Crippen LogP contribution in [0.25, 0.3) is 22.4 Å².